The Balaban J connectivity index is 2.65. The normalized spacial score (nSPS) is 13.6. The number of carbonyl (C=O) groups excluding carboxylic acids is 1. The SMILES string of the molecule is CC(=O)NC(CS(=O)Cc1ccncc1Cl)C(=O)O. The van der Waals surface area contributed by atoms with Gasteiger partial charge in [0.15, 0.2) is 0 Å². The average molecular weight is 305 g/mol. The number of nitrogens with one attached hydrogen (secondary N) is 1. The molecule has 0 bridgehead atoms. The van der Waals surface area contributed by atoms with Crippen molar-refractivity contribution in [3.8, 4) is 0 Å². The van der Waals surface area contributed by atoms with Gasteiger partial charge in [0.1, 0.15) is 6.04 Å². The Morgan fingerprint density at radius 2 is 2.26 bits per heavy atom. The maximum atomic E-state index is 11.9. The number of amides is 1. The highest BCUT2D eigenvalue weighted by molar-refractivity contribution is 7.84. The third kappa shape index (κ3) is 5.35. The lowest BCUT2D eigenvalue weighted by atomic mass is 10.3. The van der Waals surface area contributed by atoms with Crippen molar-refractivity contribution in [2.75, 3.05) is 5.75 Å². The zero-order valence-corrected chi connectivity index (χ0v) is 11.7. The Labute approximate surface area is 117 Å². The molecule has 2 N–H and O–H groups in total. The fourth-order valence-electron chi connectivity index (χ4n) is 1.36. The maximum absolute atomic E-state index is 11.9. The zero-order chi connectivity index (χ0) is 14.4. The van der Waals surface area contributed by atoms with E-state index in [1.54, 1.807) is 6.07 Å². The summed E-state index contributed by atoms with van der Waals surface area (Å²) in [4.78, 5) is 25.6. The predicted octanol–water partition coefficient (Wildman–Crippen LogP) is 0.573. The molecule has 0 saturated heterocycles. The quantitative estimate of drug-likeness (QED) is 0.801. The molecule has 1 amide bonds. The first-order valence-electron chi connectivity index (χ1n) is 5.33. The topological polar surface area (TPSA) is 96.4 Å². The highest BCUT2D eigenvalue weighted by Crippen LogP contribution is 2.15. The van der Waals surface area contributed by atoms with E-state index in [-0.39, 0.29) is 11.5 Å². The molecular formula is C11H13ClN2O4S. The van der Waals surface area contributed by atoms with Gasteiger partial charge in [-0.15, -0.1) is 0 Å². The molecule has 2 unspecified atom stereocenters. The number of pyridine rings is 1. The van der Waals surface area contributed by atoms with Gasteiger partial charge in [0, 0.05) is 30.1 Å². The Morgan fingerprint density at radius 1 is 1.58 bits per heavy atom. The van der Waals surface area contributed by atoms with E-state index in [4.69, 9.17) is 16.7 Å². The van der Waals surface area contributed by atoms with Crippen LogP contribution in [0.1, 0.15) is 12.5 Å². The minimum absolute atomic E-state index is 0.116. The maximum Gasteiger partial charge on any atom is 0.327 e. The molecule has 8 heteroatoms. The Morgan fingerprint density at radius 3 is 2.79 bits per heavy atom. The van der Waals surface area contributed by atoms with Gasteiger partial charge in [0.25, 0.3) is 0 Å². The minimum Gasteiger partial charge on any atom is -0.480 e. The van der Waals surface area contributed by atoms with Gasteiger partial charge in [-0.3, -0.25) is 14.0 Å². The van der Waals surface area contributed by atoms with Crippen LogP contribution in [0.2, 0.25) is 5.02 Å². The first kappa shape index (κ1) is 15.6. The summed E-state index contributed by atoms with van der Waals surface area (Å²) in [6.07, 6.45) is 2.94. The Kier molecular flexibility index (Phi) is 5.91. The molecule has 104 valence electrons. The van der Waals surface area contributed by atoms with Gasteiger partial charge in [-0.2, -0.15) is 0 Å². The van der Waals surface area contributed by atoms with Crippen molar-refractivity contribution < 1.29 is 18.9 Å². The molecule has 0 saturated carbocycles. The molecule has 19 heavy (non-hydrogen) atoms. The second kappa shape index (κ2) is 7.20. The Hall–Kier alpha value is -1.47. The molecule has 1 rings (SSSR count). The molecule has 0 aliphatic heterocycles. The largest absolute Gasteiger partial charge is 0.480 e. The van der Waals surface area contributed by atoms with E-state index in [1.807, 2.05) is 0 Å². The summed E-state index contributed by atoms with van der Waals surface area (Å²) in [5.74, 6) is -1.76. The molecule has 0 aromatic carbocycles. The lowest BCUT2D eigenvalue weighted by Crippen LogP contribution is -2.43. The predicted molar refractivity (Wildman–Crippen MR) is 71.2 cm³/mol. The summed E-state index contributed by atoms with van der Waals surface area (Å²) in [7, 11) is -1.46. The fourth-order valence-corrected chi connectivity index (χ4v) is 2.94. The summed E-state index contributed by atoms with van der Waals surface area (Å²) in [6, 6.07) is 0.452. The molecule has 0 spiro atoms. The molecule has 0 aliphatic rings. The van der Waals surface area contributed by atoms with Gasteiger partial charge in [-0.25, -0.2) is 4.79 Å². The number of aromatic nitrogens is 1. The third-order valence-corrected chi connectivity index (χ3v) is 3.88. The molecule has 2 atom stereocenters. The monoisotopic (exact) mass is 304 g/mol. The van der Waals surface area contributed by atoms with Crippen molar-refractivity contribution in [2.45, 2.75) is 18.7 Å². The van der Waals surface area contributed by atoms with E-state index in [2.05, 4.69) is 10.3 Å². The van der Waals surface area contributed by atoms with Gasteiger partial charge >= 0.3 is 5.97 Å². The lowest BCUT2D eigenvalue weighted by Gasteiger charge is -2.13. The summed E-state index contributed by atoms with van der Waals surface area (Å²) < 4.78 is 11.9. The van der Waals surface area contributed by atoms with E-state index in [0.29, 0.717) is 10.6 Å². The van der Waals surface area contributed by atoms with Crippen molar-refractivity contribution in [1.82, 2.24) is 10.3 Å². The summed E-state index contributed by atoms with van der Waals surface area (Å²) >= 11 is 5.87. The van der Waals surface area contributed by atoms with Crippen molar-refractivity contribution in [2.24, 2.45) is 0 Å². The number of hydrogen-bond acceptors (Lipinski definition) is 4. The number of aliphatic carboxylic acids is 1. The van der Waals surface area contributed by atoms with E-state index >= 15 is 0 Å². The first-order chi connectivity index (χ1) is 8.90. The molecular weight excluding hydrogens is 292 g/mol. The number of carboxylic acids is 1. The number of rotatable bonds is 6. The van der Waals surface area contributed by atoms with Crippen molar-refractivity contribution >= 4 is 34.3 Å². The smallest absolute Gasteiger partial charge is 0.327 e. The van der Waals surface area contributed by atoms with Crippen LogP contribution in [-0.2, 0) is 26.1 Å². The van der Waals surface area contributed by atoms with Crippen molar-refractivity contribution in [1.29, 1.82) is 0 Å². The van der Waals surface area contributed by atoms with E-state index in [0.717, 1.165) is 0 Å². The van der Waals surface area contributed by atoms with Gasteiger partial charge in [0.05, 0.1) is 16.5 Å². The second-order valence-electron chi connectivity index (χ2n) is 3.81. The molecule has 1 aromatic rings. The summed E-state index contributed by atoms with van der Waals surface area (Å²) in [6.45, 7) is 1.21. The number of halogens is 1. The van der Waals surface area contributed by atoms with E-state index in [9.17, 15) is 13.8 Å². The zero-order valence-electron chi connectivity index (χ0n) is 10.1. The number of carbonyl (C=O) groups is 2. The molecule has 0 fully saturated rings. The first-order valence-corrected chi connectivity index (χ1v) is 7.20. The van der Waals surface area contributed by atoms with Gasteiger partial charge in [0.2, 0.25) is 5.91 Å². The van der Waals surface area contributed by atoms with Crippen LogP contribution in [0.5, 0.6) is 0 Å². The van der Waals surface area contributed by atoms with Crippen LogP contribution in [0.3, 0.4) is 0 Å². The van der Waals surface area contributed by atoms with Gasteiger partial charge in [-0.1, -0.05) is 11.6 Å². The minimum atomic E-state index is -1.46. The summed E-state index contributed by atoms with van der Waals surface area (Å²) in [5.41, 5.74) is 0.627. The lowest BCUT2D eigenvalue weighted by molar-refractivity contribution is -0.140. The van der Waals surface area contributed by atoms with E-state index < -0.39 is 28.7 Å². The summed E-state index contributed by atoms with van der Waals surface area (Å²) in [5, 5.41) is 11.5. The number of hydrogen-bond donors (Lipinski definition) is 2. The fraction of sp³-hybridized carbons (Fsp3) is 0.364. The molecule has 1 aromatic heterocycles. The molecule has 0 radical (unpaired) electrons. The van der Waals surface area contributed by atoms with Crippen LogP contribution in [0.15, 0.2) is 18.5 Å². The van der Waals surface area contributed by atoms with Crippen LogP contribution >= 0.6 is 11.6 Å². The van der Waals surface area contributed by atoms with Crippen LogP contribution < -0.4 is 5.32 Å². The van der Waals surface area contributed by atoms with E-state index in [1.165, 1.54) is 19.3 Å². The Bertz CT molecular complexity index is 509. The van der Waals surface area contributed by atoms with Crippen LogP contribution in [-0.4, -0.2) is 38.0 Å². The standard InChI is InChI=1S/C11H13ClN2O4S/c1-7(15)14-10(11(16)17)6-19(18)5-8-2-3-13-4-9(8)12/h2-4,10H,5-6H2,1H3,(H,14,15)(H,16,17). The van der Waals surface area contributed by atoms with Crippen LogP contribution in [0.25, 0.3) is 0 Å². The highest BCUT2D eigenvalue weighted by Gasteiger charge is 2.21. The number of carboxylic acid groups (broad SMARTS) is 1. The molecule has 1 heterocycles. The molecule has 6 nitrogen and oxygen atoms in total. The van der Waals surface area contributed by atoms with Crippen LogP contribution in [0, 0.1) is 0 Å². The second-order valence-corrected chi connectivity index (χ2v) is 5.72. The van der Waals surface area contributed by atoms with Crippen molar-refractivity contribution in [3.05, 3.63) is 29.0 Å². The van der Waals surface area contributed by atoms with Gasteiger partial charge < -0.3 is 10.4 Å². The highest BCUT2D eigenvalue weighted by atomic mass is 35.5. The third-order valence-electron chi connectivity index (χ3n) is 2.20. The average Bonchev–Trinajstić information content (AvgIpc) is 2.30. The molecule has 0 aliphatic carbocycles. The van der Waals surface area contributed by atoms with Crippen molar-refractivity contribution in [3.63, 3.8) is 0 Å². The number of nitrogens with zero attached hydrogens (tertiary/aromatic N) is 1. The van der Waals surface area contributed by atoms with Crippen LogP contribution in [0.4, 0.5) is 0 Å². The van der Waals surface area contributed by atoms with Gasteiger partial charge in [-0.05, 0) is 11.6 Å².